The summed E-state index contributed by atoms with van der Waals surface area (Å²) < 4.78 is 5.58. The van der Waals surface area contributed by atoms with Gasteiger partial charge in [-0.1, -0.05) is 19.1 Å². The number of carbonyl (C=O) groups is 2. The largest absolute Gasteiger partial charge is 0.426 e. The van der Waals surface area contributed by atoms with Crippen molar-refractivity contribution in [3.05, 3.63) is 35.9 Å². The fourth-order valence-electron chi connectivity index (χ4n) is 3.24. The van der Waals surface area contributed by atoms with Crippen molar-refractivity contribution < 1.29 is 14.3 Å². The molecule has 0 saturated heterocycles. The van der Waals surface area contributed by atoms with Gasteiger partial charge in [-0.15, -0.1) is 0 Å². The normalized spacial score (nSPS) is 19.1. The van der Waals surface area contributed by atoms with Crippen molar-refractivity contribution in [1.29, 1.82) is 0 Å². The maximum atomic E-state index is 12.5. The monoisotopic (exact) mass is 373 g/mol. The Balaban J connectivity index is 2.09. The third-order valence-electron chi connectivity index (χ3n) is 4.95. The molecule has 0 saturated carbocycles. The molecule has 1 aromatic rings. The number of carbonyl (C=O) groups excluding carboxylic acids is 2. The SMILES string of the molecule is CCN(CC)c1ccc2c(c1)OC(=O)C(/C=C/C(=O)NCCN(C)C)C2C. The highest BCUT2D eigenvalue weighted by Gasteiger charge is 2.33. The molecular weight excluding hydrogens is 342 g/mol. The van der Waals surface area contributed by atoms with Crippen molar-refractivity contribution in [3.63, 3.8) is 0 Å². The summed E-state index contributed by atoms with van der Waals surface area (Å²) in [6, 6.07) is 6.03. The molecule has 1 N–H and O–H groups in total. The number of esters is 1. The lowest BCUT2D eigenvalue weighted by atomic mass is 9.84. The molecule has 0 aliphatic carbocycles. The molecule has 0 radical (unpaired) electrons. The Morgan fingerprint density at radius 3 is 2.59 bits per heavy atom. The molecule has 1 aliphatic rings. The lowest BCUT2D eigenvalue weighted by Gasteiger charge is -2.29. The van der Waals surface area contributed by atoms with E-state index in [1.807, 2.05) is 38.1 Å². The van der Waals surface area contributed by atoms with Crippen LogP contribution < -0.4 is 15.0 Å². The van der Waals surface area contributed by atoms with Crippen LogP contribution in [0.1, 0.15) is 32.3 Å². The molecule has 148 valence electrons. The lowest BCUT2D eigenvalue weighted by molar-refractivity contribution is -0.139. The second-order valence-corrected chi connectivity index (χ2v) is 7.08. The summed E-state index contributed by atoms with van der Waals surface area (Å²) in [6.45, 7) is 9.32. The Bertz CT molecular complexity index is 696. The topological polar surface area (TPSA) is 61.9 Å². The second-order valence-electron chi connectivity index (χ2n) is 7.08. The van der Waals surface area contributed by atoms with Crippen molar-refractivity contribution in [1.82, 2.24) is 10.2 Å². The molecule has 1 aliphatic heterocycles. The zero-order valence-electron chi connectivity index (χ0n) is 17.0. The van der Waals surface area contributed by atoms with Crippen LogP contribution in [0.3, 0.4) is 0 Å². The highest BCUT2D eigenvalue weighted by Crippen LogP contribution is 2.40. The van der Waals surface area contributed by atoms with Gasteiger partial charge in [0.15, 0.2) is 0 Å². The average molecular weight is 373 g/mol. The minimum Gasteiger partial charge on any atom is -0.426 e. The highest BCUT2D eigenvalue weighted by molar-refractivity contribution is 5.89. The third-order valence-corrected chi connectivity index (χ3v) is 4.95. The molecule has 0 aromatic heterocycles. The number of rotatable bonds is 8. The Kier molecular flexibility index (Phi) is 7.42. The summed E-state index contributed by atoms with van der Waals surface area (Å²) in [5.41, 5.74) is 2.04. The number of ether oxygens (including phenoxy) is 1. The third kappa shape index (κ3) is 5.32. The molecule has 0 spiro atoms. The fourth-order valence-corrected chi connectivity index (χ4v) is 3.24. The summed E-state index contributed by atoms with van der Waals surface area (Å²) in [6.07, 6.45) is 3.09. The second kappa shape index (κ2) is 9.55. The van der Waals surface area contributed by atoms with Gasteiger partial charge in [-0.25, -0.2) is 0 Å². The van der Waals surface area contributed by atoms with Crippen molar-refractivity contribution in [2.75, 3.05) is 45.2 Å². The van der Waals surface area contributed by atoms with Crippen LogP contribution in [0.4, 0.5) is 5.69 Å². The molecule has 1 amide bonds. The van der Waals surface area contributed by atoms with Gasteiger partial charge in [0.2, 0.25) is 5.91 Å². The summed E-state index contributed by atoms with van der Waals surface area (Å²) in [5, 5.41) is 2.81. The lowest BCUT2D eigenvalue weighted by Crippen LogP contribution is -2.32. The van der Waals surface area contributed by atoms with Crippen molar-refractivity contribution in [3.8, 4) is 5.75 Å². The number of fused-ring (bicyclic) bond motifs is 1. The van der Waals surface area contributed by atoms with E-state index in [1.54, 1.807) is 6.08 Å². The van der Waals surface area contributed by atoms with Gasteiger partial charge in [0.05, 0.1) is 5.92 Å². The number of benzene rings is 1. The summed E-state index contributed by atoms with van der Waals surface area (Å²) in [7, 11) is 3.90. The van der Waals surface area contributed by atoms with Gasteiger partial charge in [-0.3, -0.25) is 9.59 Å². The van der Waals surface area contributed by atoms with Crippen molar-refractivity contribution in [2.45, 2.75) is 26.7 Å². The number of likely N-dealkylation sites (N-methyl/N-ethyl adjacent to an activating group) is 1. The first kappa shape index (κ1) is 21.0. The molecule has 1 aromatic carbocycles. The van der Waals surface area contributed by atoms with E-state index in [-0.39, 0.29) is 17.8 Å². The van der Waals surface area contributed by atoms with E-state index in [1.165, 1.54) is 6.08 Å². The van der Waals surface area contributed by atoms with Gasteiger partial charge in [-0.05, 0) is 45.6 Å². The molecule has 2 atom stereocenters. The highest BCUT2D eigenvalue weighted by atomic mass is 16.5. The van der Waals surface area contributed by atoms with Gasteiger partial charge >= 0.3 is 5.97 Å². The van der Waals surface area contributed by atoms with Crippen LogP contribution in [0.15, 0.2) is 30.4 Å². The number of hydrogen-bond acceptors (Lipinski definition) is 5. The first-order valence-corrected chi connectivity index (χ1v) is 9.58. The smallest absolute Gasteiger partial charge is 0.318 e. The maximum absolute atomic E-state index is 12.5. The Labute approximate surface area is 162 Å². The van der Waals surface area contributed by atoms with Gasteiger partial charge in [0, 0.05) is 43.9 Å². The van der Waals surface area contributed by atoms with Gasteiger partial charge in [0.1, 0.15) is 5.75 Å². The molecule has 6 nitrogen and oxygen atoms in total. The van der Waals surface area contributed by atoms with Crippen LogP contribution in [-0.2, 0) is 9.59 Å². The molecule has 2 unspecified atom stereocenters. The maximum Gasteiger partial charge on any atom is 0.318 e. The molecule has 6 heteroatoms. The Hall–Kier alpha value is -2.34. The van der Waals surface area contributed by atoms with Gasteiger partial charge < -0.3 is 19.9 Å². The molecule has 0 fully saturated rings. The van der Waals surface area contributed by atoms with Crippen LogP contribution in [0.2, 0.25) is 0 Å². The van der Waals surface area contributed by atoms with Crippen LogP contribution in [0.5, 0.6) is 5.75 Å². The van der Waals surface area contributed by atoms with Crippen LogP contribution >= 0.6 is 0 Å². The number of hydrogen-bond donors (Lipinski definition) is 1. The first-order valence-electron chi connectivity index (χ1n) is 9.58. The molecular formula is C21H31N3O3. The van der Waals surface area contributed by atoms with Crippen LogP contribution in [-0.4, -0.2) is 57.1 Å². The van der Waals surface area contributed by atoms with E-state index in [0.29, 0.717) is 12.3 Å². The molecule has 1 heterocycles. The predicted molar refractivity (Wildman–Crippen MR) is 108 cm³/mol. The van der Waals surface area contributed by atoms with E-state index in [2.05, 4.69) is 30.1 Å². The standard InChI is InChI=1S/C21H31N3O3/c1-6-24(7-2)16-8-9-17-15(3)18(21(26)27-19(17)14-16)10-11-20(25)22-12-13-23(4)5/h8-11,14-15,18H,6-7,12-13H2,1-5H3,(H,22,25)/b11-10+. The van der Waals surface area contributed by atoms with E-state index < -0.39 is 5.92 Å². The quantitative estimate of drug-likeness (QED) is 0.431. The van der Waals surface area contributed by atoms with Crippen molar-refractivity contribution in [2.24, 2.45) is 5.92 Å². The average Bonchev–Trinajstić information content (AvgIpc) is 2.62. The minimum atomic E-state index is -0.462. The van der Waals surface area contributed by atoms with Gasteiger partial charge in [-0.2, -0.15) is 0 Å². The van der Waals surface area contributed by atoms with E-state index in [0.717, 1.165) is 30.9 Å². The first-order chi connectivity index (χ1) is 12.9. The molecule has 0 bridgehead atoms. The number of amides is 1. The number of anilines is 1. The summed E-state index contributed by atoms with van der Waals surface area (Å²) >= 11 is 0. The Morgan fingerprint density at radius 2 is 1.96 bits per heavy atom. The fraction of sp³-hybridized carbons (Fsp3) is 0.524. The summed E-state index contributed by atoms with van der Waals surface area (Å²) in [4.78, 5) is 28.6. The van der Waals surface area contributed by atoms with Crippen molar-refractivity contribution >= 4 is 17.6 Å². The molecule has 27 heavy (non-hydrogen) atoms. The number of nitrogens with one attached hydrogen (secondary N) is 1. The Morgan fingerprint density at radius 1 is 1.26 bits per heavy atom. The minimum absolute atomic E-state index is 0.0437. The predicted octanol–water partition coefficient (Wildman–Crippen LogP) is 2.41. The van der Waals surface area contributed by atoms with Crippen LogP contribution in [0.25, 0.3) is 0 Å². The number of nitrogens with zero attached hydrogens (tertiary/aromatic N) is 2. The zero-order chi connectivity index (χ0) is 20.0. The summed E-state index contributed by atoms with van der Waals surface area (Å²) in [5.74, 6) is -0.394. The van der Waals surface area contributed by atoms with E-state index in [4.69, 9.17) is 4.74 Å². The van der Waals surface area contributed by atoms with E-state index >= 15 is 0 Å². The van der Waals surface area contributed by atoms with Crippen LogP contribution in [0, 0.1) is 5.92 Å². The van der Waals surface area contributed by atoms with Gasteiger partial charge in [0.25, 0.3) is 0 Å². The molecule has 2 rings (SSSR count). The van der Waals surface area contributed by atoms with E-state index in [9.17, 15) is 9.59 Å². The zero-order valence-corrected chi connectivity index (χ0v) is 17.0.